The first-order chi connectivity index (χ1) is 31.7. The fourth-order valence-electron chi connectivity index (χ4n) is 7.50. The van der Waals surface area contributed by atoms with E-state index in [1.165, 1.54) is 65.6 Å². The van der Waals surface area contributed by atoms with Crippen LogP contribution in [-0.4, -0.2) is 121 Å². The lowest BCUT2D eigenvalue weighted by Crippen LogP contribution is -2.43. The summed E-state index contributed by atoms with van der Waals surface area (Å²) < 4.78 is 102. The van der Waals surface area contributed by atoms with Gasteiger partial charge in [0.05, 0.1) is 41.1 Å². The molecule has 0 aliphatic carbocycles. The smallest absolute Gasteiger partial charge is 0.413 e. The predicted octanol–water partition coefficient (Wildman–Crippen LogP) is 8.97. The zero-order valence-corrected chi connectivity index (χ0v) is 38.1. The zero-order valence-electron chi connectivity index (χ0n) is 36.6. The van der Waals surface area contributed by atoms with E-state index in [0.29, 0.717) is 26.2 Å². The molecular formula is C45H46Cl2F7N9O4. The molecule has 0 spiro atoms. The number of carbonyl (C=O) groups excluding carboxylic acids is 3. The number of hydrogen-bond acceptors (Lipinski definition) is 9. The number of halogens is 9. The number of nitrogens with two attached hydrogens (primary N) is 1. The molecule has 1 aromatic heterocycles. The van der Waals surface area contributed by atoms with Gasteiger partial charge in [-0.05, 0) is 83.5 Å². The van der Waals surface area contributed by atoms with Gasteiger partial charge in [-0.25, -0.2) is 27.2 Å². The molecule has 0 radical (unpaired) electrons. The number of ketones is 1. The van der Waals surface area contributed by atoms with Crippen molar-refractivity contribution in [2.45, 2.75) is 44.2 Å². The molecule has 2 saturated heterocycles. The van der Waals surface area contributed by atoms with Gasteiger partial charge in [0, 0.05) is 60.5 Å². The van der Waals surface area contributed by atoms with E-state index in [1.807, 2.05) is 38.0 Å². The van der Waals surface area contributed by atoms with Gasteiger partial charge in [0.2, 0.25) is 5.89 Å². The number of benzene rings is 4. The van der Waals surface area contributed by atoms with Crippen molar-refractivity contribution in [1.82, 2.24) is 29.8 Å². The monoisotopic (exact) mass is 979 g/mol. The lowest BCUT2D eigenvalue weighted by molar-refractivity contribution is -0.156. The van der Waals surface area contributed by atoms with Crippen LogP contribution in [0.4, 0.5) is 51.7 Å². The average molecular weight is 981 g/mol. The highest BCUT2D eigenvalue weighted by molar-refractivity contribution is 6.31. The summed E-state index contributed by atoms with van der Waals surface area (Å²) in [6, 6.07) is 15.2. The summed E-state index contributed by atoms with van der Waals surface area (Å²) in [6.45, 7) is 1.01. The molecule has 2 atom stereocenters. The molecule has 358 valence electrons. The Hall–Kier alpha value is -5.80. The van der Waals surface area contributed by atoms with E-state index in [1.54, 1.807) is 9.80 Å². The van der Waals surface area contributed by atoms with Crippen LogP contribution in [0, 0.1) is 23.3 Å². The van der Waals surface area contributed by atoms with Crippen LogP contribution in [0.2, 0.25) is 10.0 Å². The van der Waals surface area contributed by atoms with Gasteiger partial charge < -0.3 is 29.8 Å². The van der Waals surface area contributed by atoms with Crippen LogP contribution in [0.3, 0.4) is 0 Å². The van der Waals surface area contributed by atoms with Gasteiger partial charge in [0.1, 0.15) is 11.6 Å². The van der Waals surface area contributed by atoms with Crippen molar-refractivity contribution in [3.8, 4) is 11.5 Å². The number of anilines is 2. The average Bonchev–Trinajstić information content (AvgIpc) is 4.10. The third kappa shape index (κ3) is 11.8. The number of aromatic nitrogens is 2. The Morgan fingerprint density at radius 1 is 0.716 bits per heavy atom. The van der Waals surface area contributed by atoms with Gasteiger partial charge in [0.25, 0.3) is 0 Å². The number of carbonyl (C=O) groups is 3. The molecule has 2 fully saturated rings. The maximum absolute atomic E-state index is 15.1. The Balaban J connectivity index is 0.000000224. The van der Waals surface area contributed by atoms with Crippen molar-refractivity contribution in [3.63, 3.8) is 0 Å². The van der Waals surface area contributed by atoms with E-state index in [9.17, 15) is 40.7 Å². The SMILES string of the molecule is CN(C)[C@H]1CCN(C(=O)N(Cc2ccc(-c3nnc(C(F)(F)F)o3)cc2F)c2cccc(Cl)c2F)C1.CN(C)[C@H]1CCN(C(=O)N(Cc2ccc(C(=O)CN)cc2F)c2cccc(Cl)c2F)C1. The van der Waals surface area contributed by atoms with Crippen molar-refractivity contribution in [2.24, 2.45) is 5.73 Å². The highest BCUT2D eigenvalue weighted by Crippen LogP contribution is 2.34. The van der Waals surface area contributed by atoms with Gasteiger partial charge in [0.15, 0.2) is 17.4 Å². The molecule has 3 heterocycles. The number of amides is 4. The molecule has 0 bridgehead atoms. The maximum Gasteiger partial charge on any atom is 0.470 e. The minimum atomic E-state index is -4.84. The number of rotatable bonds is 11. The Kier molecular flexibility index (Phi) is 16.2. The standard InChI is InChI=1S/C23H21ClF5N5O2.C22H25ClF2N4O2/c1-32(2)15-8-9-33(12-15)22(35)34(18-5-3-4-16(24)19(18)26)11-14-7-6-13(10-17(14)25)20-30-31-21(36-20)23(27,28)29;1-27(2)16-8-9-28(13-16)22(31)29(19-5-3-4-17(23)21(19)25)12-15-7-6-14(10-18(15)24)20(30)11-26/h3-7,10,15H,8-9,11-12H2,1-2H3;3-7,10,16H,8-9,11-13,26H2,1-2H3/t15-;16-/m00/s1. The van der Waals surface area contributed by atoms with E-state index in [4.69, 9.17) is 28.9 Å². The quantitative estimate of drug-likeness (QED) is 0.102. The Labute approximate surface area is 391 Å². The summed E-state index contributed by atoms with van der Waals surface area (Å²) in [7, 11) is 7.66. The number of hydrogen-bond donors (Lipinski definition) is 1. The largest absolute Gasteiger partial charge is 0.470 e. The van der Waals surface area contributed by atoms with Crippen molar-refractivity contribution in [1.29, 1.82) is 0 Å². The molecule has 5 aromatic rings. The summed E-state index contributed by atoms with van der Waals surface area (Å²) in [5.41, 5.74) is 5.36. The van der Waals surface area contributed by atoms with Gasteiger partial charge in [-0.3, -0.25) is 14.6 Å². The van der Waals surface area contributed by atoms with E-state index in [0.717, 1.165) is 29.9 Å². The summed E-state index contributed by atoms with van der Waals surface area (Å²) in [4.78, 5) is 48.0. The molecule has 4 aromatic carbocycles. The lowest BCUT2D eigenvalue weighted by Gasteiger charge is -2.29. The van der Waals surface area contributed by atoms with Crippen LogP contribution in [0.15, 0.2) is 77.2 Å². The fraction of sp³-hybridized carbons (Fsp3) is 0.356. The minimum Gasteiger partial charge on any atom is -0.413 e. The van der Waals surface area contributed by atoms with Crippen molar-refractivity contribution in [3.05, 3.63) is 129 Å². The second-order valence-corrected chi connectivity index (χ2v) is 17.1. The third-order valence-corrected chi connectivity index (χ3v) is 12.0. The van der Waals surface area contributed by atoms with Crippen molar-refractivity contribution >= 4 is 52.4 Å². The summed E-state index contributed by atoms with van der Waals surface area (Å²) in [5, 5.41) is 5.90. The maximum atomic E-state index is 15.1. The first-order valence-electron chi connectivity index (χ1n) is 20.7. The number of nitrogens with zero attached hydrogens (tertiary/aromatic N) is 8. The summed E-state index contributed by atoms with van der Waals surface area (Å²) in [5.74, 6) is -5.59. The molecule has 2 aliphatic rings. The van der Waals surface area contributed by atoms with Crippen LogP contribution in [0.5, 0.6) is 0 Å². The highest BCUT2D eigenvalue weighted by Gasteiger charge is 2.39. The fourth-order valence-corrected chi connectivity index (χ4v) is 7.84. The van der Waals surface area contributed by atoms with Gasteiger partial charge >= 0.3 is 24.1 Å². The summed E-state index contributed by atoms with van der Waals surface area (Å²) >= 11 is 11.9. The van der Waals surface area contributed by atoms with Crippen LogP contribution >= 0.6 is 23.2 Å². The molecule has 2 N–H and O–H groups in total. The molecular weight excluding hydrogens is 934 g/mol. The first kappa shape index (κ1) is 50.6. The molecule has 0 saturated carbocycles. The Bertz CT molecular complexity index is 2600. The van der Waals surface area contributed by atoms with E-state index in [2.05, 4.69) is 14.6 Å². The third-order valence-electron chi connectivity index (χ3n) is 11.4. The number of likely N-dealkylation sites (N-methyl/N-ethyl adjacent to an activating group) is 2. The normalized spacial score (nSPS) is 16.1. The van der Waals surface area contributed by atoms with Crippen LogP contribution < -0.4 is 15.5 Å². The molecule has 0 unspecified atom stereocenters. The zero-order chi connectivity index (χ0) is 48.9. The Morgan fingerprint density at radius 3 is 1.60 bits per heavy atom. The van der Waals surface area contributed by atoms with Crippen LogP contribution in [-0.2, 0) is 19.3 Å². The molecule has 22 heteroatoms. The Morgan fingerprint density at radius 2 is 1.19 bits per heavy atom. The predicted molar refractivity (Wildman–Crippen MR) is 238 cm³/mol. The van der Waals surface area contributed by atoms with Crippen LogP contribution in [0.25, 0.3) is 11.5 Å². The number of alkyl halides is 3. The second-order valence-electron chi connectivity index (χ2n) is 16.2. The van der Waals surface area contributed by atoms with Crippen molar-refractivity contribution in [2.75, 3.05) is 70.7 Å². The second kappa shape index (κ2) is 21.4. The first-order valence-corrected chi connectivity index (χ1v) is 21.5. The lowest BCUT2D eigenvalue weighted by atomic mass is 10.1. The molecule has 4 amide bonds. The van der Waals surface area contributed by atoms with Gasteiger partial charge in [-0.15, -0.1) is 10.2 Å². The van der Waals surface area contributed by atoms with Gasteiger partial charge in [-0.2, -0.15) is 13.2 Å². The molecule has 67 heavy (non-hydrogen) atoms. The van der Waals surface area contributed by atoms with E-state index in [-0.39, 0.29) is 75.4 Å². The van der Waals surface area contributed by atoms with Crippen molar-refractivity contribution < 1.29 is 49.5 Å². The molecule has 7 rings (SSSR count). The summed E-state index contributed by atoms with van der Waals surface area (Å²) in [6.07, 6.45) is -3.33. The number of likely N-dealkylation sites (tertiary alicyclic amines) is 2. The molecule has 13 nitrogen and oxygen atoms in total. The topological polar surface area (TPSA) is 136 Å². The molecule has 2 aliphatic heterocycles. The van der Waals surface area contributed by atoms with Gasteiger partial charge in [-0.1, -0.05) is 53.5 Å². The van der Waals surface area contributed by atoms with E-state index >= 15 is 4.39 Å². The number of Topliss-reactive ketones (excluding diaryl/α,β-unsaturated/α-hetero) is 1. The minimum absolute atomic E-state index is 0.00890. The number of urea groups is 2. The highest BCUT2D eigenvalue weighted by atomic mass is 35.5. The van der Waals surface area contributed by atoms with E-state index < -0.39 is 59.1 Å². The van der Waals surface area contributed by atoms with Crippen LogP contribution in [0.1, 0.15) is 40.2 Å².